The third-order valence-electron chi connectivity index (χ3n) is 4.20. The predicted octanol–water partition coefficient (Wildman–Crippen LogP) is 0.727. The normalized spacial score (nSPS) is 11.1. The molecule has 2 aromatic carbocycles. The van der Waals surface area contributed by atoms with E-state index in [1.165, 1.54) is 6.42 Å². The summed E-state index contributed by atoms with van der Waals surface area (Å²) in [4.78, 5) is 23.2. The Morgan fingerprint density at radius 3 is 2.21 bits per heavy atom. The third kappa shape index (κ3) is 6.68. The largest absolute Gasteiger partial charge is 0.489 e. The minimum absolute atomic E-state index is 0.342. The van der Waals surface area contributed by atoms with Gasteiger partial charge in [0.05, 0.1) is 31.6 Å². The smallest absolute Gasteiger partial charge is 0.224 e. The number of ether oxygens (including phenoxy) is 1. The summed E-state index contributed by atoms with van der Waals surface area (Å²) in [6, 6.07) is 17.2. The molecule has 0 aliphatic carbocycles. The summed E-state index contributed by atoms with van der Waals surface area (Å²) in [6.07, 6.45) is 1.36. The third-order valence-corrected chi connectivity index (χ3v) is 4.20. The van der Waals surface area contributed by atoms with E-state index < -0.39 is 30.6 Å². The van der Waals surface area contributed by atoms with Gasteiger partial charge in [0.1, 0.15) is 12.4 Å². The van der Waals surface area contributed by atoms with E-state index >= 15 is 0 Å². The first-order valence-electron chi connectivity index (χ1n) is 8.87. The lowest BCUT2D eigenvalue weighted by Crippen LogP contribution is -2.56. The molecule has 7 nitrogen and oxygen atoms in total. The minimum atomic E-state index is -1.46. The first kappa shape index (κ1) is 21.4. The molecule has 0 heterocycles. The number of aliphatic hydroxyl groups excluding tert-OH is 2. The number of nitrogens with two attached hydrogens (primary N) is 1. The second-order valence-electron chi connectivity index (χ2n) is 6.56. The van der Waals surface area contributed by atoms with Gasteiger partial charge < -0.3 is 26.0 Å². The highest BCUT2D eigenvalue weighted by molar-refractivity contribution is 5.86. The Hall–Kier alpha value is -2.90. The van der Waals surface area contributed by atoms with Crippen molar-refractivity contribution in [2.24, 2.45) is 5.73 Å². The van der Waals surface area contributed by atoms with Crippen molar-refractivity contribution in [3.63, 3.8) is 0 Å². The van der Waals surface area contributed by atoms with Crippen molar-refractivity contribution in [2.45, 2.75) is 25.0 Å². The molecule has 0 bridgehead atoms. The number of carbonyl (C=O) groups is 2. The monoisotopic (exact) mass is 385 g/mol. The van der Waals surface area contributed by atoms with Crippen LogP contribution in [0.2, 0.25) is 0 Å². The quantitative estimate of drug-likeness (QED) is 0.454. The summed E-state index contributed by atoms with van der Waals surface area (Å²) >= 11 is 0. The average Bonchev–Trinajstić information content (AvgIpc) is 2.71. The number of aliphatic hydroxyl groups is 2. The van der Waals surface area contributed by atoms with Gasteiger partial charge in [0, 0.05) is 0 Å². The van der Waals surface area contributed by atoms with Crippen LogP contribution in [0, 0.1) is 6.42 Å². The van der Waals surface area contributed by atoms with Gasteiger partial charge in [-0.25, -0.2) is 0 Å². The highest BCUT2D eigenvalue weighted by atomic mass is 16.5. The van der Waals surface area contributed by atoms with E-state index in [0.717, 1.165) is 16.9 Å². The van der Waals surface area contributed by atoms with Crippen LogP contribution in [0.25, 0.3) is 0 Å². The average molecular weight is 385 g/mol. The van der Waals surface area contributed by atoms with Crippen LogP contribution in [0.3, 0.4) is 0 Å². The molecule has 5 N–H and O–H groups in total. The van der Waals surface area contributed by atoms with E-state index in [-0.39, 0.29) is 6.42 Å². The van der Waals surface area contributed by atoms with Gasteiger partial charge in [0.25, 0.3) is 0 Å². The van der Waals surface area contributed by atoms with E-state index in [4.69, 9.17) is 10.5 Å². The van der Waals surface area contributed by atoms with Crippen molar-refractivity contribution < 1.29 is 24.5 Å². The topological polar surface area (TPSA) is 122 Å². The highest BCUT2D eigenvalue weighted by Crippen LogP contribution is 2.15. The molecule has 7 heteroatoms. The Morgan fingerprint density at radius 2 is 1.64 bits per heavy atom. The van der Waals surface area contributed by atoms with Gasteiger partial charge in [-0.05, 0) is 29.7 Å². The van der Waals surface area contributed by atoms with Gasteiger partial charge >= 0.3 is 0 Å². The molecule has 0 aliphatic rings. The van der Waals surface area contributed by atoms with Crippen LogP contribution in [0.5, 0.6) is 5.75 Å². The molecule has 2 rings (SSSR count). The summed E-state index contributed by atoms with van der Waals surface area (Å²) in [5, 5.41) is 21.3. The lowest BCUT2D eigenvalue weighted by molar-refractivity contribution is -0.124. The van der Waals surface area contributed by atoms with Gasteiger partial charge in [-0.3, -0.25) is 9.59 Å². The first-order valence-corrected chi connectivity index (χ1v) is 8.87. The number of benzene rings is 2. The Kier molecular flexibility index (Phi) is 7.98. The predicted molar refractivity (Wildman–Crippen MR) is 104 cm³/mol. The number of hydrogen-bond acceptors (Lipinski definition) is 5. The number of hydrogen-bond donors (Lipinski definition) is 4. The molecule has 0 aliphatic heterocycles. The van der Waals surface area contributed by atoms with E-state index in [2.05, 4.69) is 5.32 Å². The molecular weight excluding hydrogens is 360 g/mol. The number of carbonyl (C=O) groups excluding carboxylic acids is 2. The van der Waals surface area contributed by atoms with Gasteiger partial charge in [-0.2, -0.15) is 0 Å². The van der Waals surface area contributed by atoms with Crippen molar-refractivity contribution in [1.29, 1.82) is 0 Å². The summed E-state index contributed by atoms with van der Waals surface area (Å²) in [5.41, 5.74) is 5.61. The highest BCUT2D eigenvalue weighted by Gasteiger charge is 2.32. The molecule has 149 valence electrons. The number of nitrogens with one attached hydrogen (secondary N) is 1. The van der Waals surface area contributed by atoms with Gasteiger partial charge in [0.2, 0.25) is 11.8 Å². The fourth-order valence-electron chi connectivity index (χ4n) is 2.60. The maximum Gasteiger partial charge on any atom is 0.224 e. The fourth-order valence-corrected chi connectivity index (χ4v) is 2.60. The van der Waals surface area contributed by atoms with Crippen LogP contribution in [0.15, 0.2) is 54.6 Å². The molecule has 28 heavy (non-hydrogen) atoms. The zero-order valence-electron chi connectivity index (χ0n) is 15.5. The van der Waals surface area contributed by atoms with Crippen LogP contribution in [-0.4, -0.2) is 40.8 Å². The summed E-state index contributed by atoms with van der Waals surface area (Å²) < 4.78 is 5.72. The summed E-state index contributed by atoms with van der Waals surface area (Å²) in [5.74, 6) is -0.513. The van der Waals surface area contributed by atoms with Gasteiger partial charge in [-0.15, -0.1) is 0 Å². The first-order chi connectivity index (χ1) is 13.5. The Balaban J connectivity index is 1.83. The Bertz CT molecular complexity index is 758. The molecule has 0 saturated carbocycles. The van der Waals surface area contributed by atoms with Crippen LogP contribution < -0.4 is 15.8 Å². The van der Waals surface area contributed by atoms with E-state index in [0.29, 0.717) is 13.0 Å². The molecule has 0 saturated heterocycles. The number of amides is 2. The molecule has 2 aromatic rings. The molecule has 0 unspecified atom stereocenters. The van der Waals surface area contributed by atoms with Crippen LogP contribution in [0.1, 0.15) is 17.5 Å². The summed E-state index contributed by atoms with van der Waals surface area (Å²) in [6.45, 7) is -0.724. The van der Waals surface area contributed by atoms with Gasteiger partial charge in [0.15, 0.2) is 0 Å². The standard InChI is InChI=1S/C21H25N2O5/c22-19(26)12-21(14-24,15-25)23-20(27)11-8-16-6-9-18(10-7-16)28-13-17-4-2-1-3-5-17/h1-7,9-11,24-25H,8,12-15H2,(H2,22,26)(H,23,27). The minimum Gasteiger partial charge on any atom is -0.489 e. The van der Waals surface area contributed by atoms with Crippen LogP contribution in [0.4, 0.5) is 0 Å². The van der Waals surface area contributed by atoms with Crippen LogP contribution >= 0.6 is 0 Å². The van der Waals surface area contributed by atoms with Crippen molar-refractivity contribution >= 4 is 11.8 Å². The van der Waals surface area contributed by atoms with Crippen molar-refractivity contribution in [1.82, 2.24) is 5.32 Å². The number of rotatable bonds is 11. The van der Waals surface area contributed by atoms with Crippen LogP contribution in [-0.2, 0) is 22.6 Å². The van der Waals surface area contributed by atoms with Gasteiger partial charge in [-0.1, -0.05) is 42.5 Å². The van der Waals surface area contributed by atoms with Crippen molar-refractivity contribution in [3.8, 4) is 5.75 Å². The molecule has 0 atom stereocenters. The lowest BCUT2D eigenvalue weighted by Gasteiger charge is -2.29. The Morgan fingerprint density at radius 1 is 1.00 bits per heavy atom. The second kappa shape index (κ2) is 10.4. The van der Waals surface area contributed by atoms with E-state index in [1.54, 1.807) is 0 Å². The maximum atomic E-state index is 12.1. The Labute approximate surface area is 164 Å². The summed E-state index contributed by atoms with van der Waals surface area (Å²) in [7, 11) is 0. The lowest BCUT2D eigenvalue weighted by atomic mass is 9.96. The van der Waals surface area contributed by atoms with Crippen molar-refractivity contribution in [2.75, 3.05) is 13.2 Å². The fraction of sp³-hybridized carbons (Fsp3) is 0.286. The molecular formula is C21H25N2O5. The second-order valence-corrected chi connectivity index (χ2v) is 6.56. The molecule has 2 amide bonds. The zero-order chi connectivity index (χ0) is 20.4. The number of primary amides is 1. The molecule has 0 spiro atoms. The molecule has 1 radical (unpaired) electrons. The zero-order valence-corrected chi connectivity index (χ0v) is 15.5. The van der Waals surface area contributed by atoms with Crippen molar-refractivity contribution in [3.05, 3.63) is 72.1 Å². The maximum absolute atomic E-state index is 12.1. The molecule has 0 fully saturated rings. The molecule has 0 aromatic heterocycles. The SMILES string of the molecule is NC(=O)CC(CO)(CO)NC(=O)[CH]Cc1ccc(OCc2ccccc2)cc1. The van der Waals surface area contributed by atoms with E-state index in [9.17, 15) is 19.8 Å². The van der Waals surface area contributed by atoms with E-state index in [1.807, 2.05) is 54.6 Å².